The molecule has 0 amide bonds. The minimum Gasteiger partial charge on any atom is -0.497 e. The normalized spacial score (nSPS) is 20.8. The summed E-state index contributed by atoms with van der Waals surface area (Å²) in [6.45, 7) is 1.89. The van der Waals surface area contributed by atoms with Gasteiger partial charge in [-0.1, -0.05) is 24.3 Å². The van der Waals surface area contributed by atoms with Crippen molar-refractivity contribution < 1.29 is 19.4 Å². The summed E-state index contributed by atoms with van der Waals surface area (Å²) in [6.07, 6.45) is -0.408. The summed E-state index contributed by atoms with van der Waals surface area (Å²) in [4.78, 5) is 11.2. The van der Waals surface area contributed by atoms with Crippen LogP contribution >= 0.6 is 0 Å². The molecule has 1 aliphatic rings. The maximum absolute atomic E-state index is 11.2. The Hall–Kier alpha value is -1.81. The molecule has 0 fully saturated rings. The first-order valence-electron chi connectivity index (χ1n) is 5.33. The molecule has 0 saturated carbocycles. The van der Waals surface area contributed by atoms with Crippen molar-refractivity contribution >= 4 is 5.97 Å². The molecule has 17 heavy (non-hydrogen) atoms. The Kier molecular flexibility index (Phi) is 3.15. The van der Waals surface area contributed by atoms with Gasteiger partial charge in [-0.2, -0.15) is 0 Å². The van der Waals surface area contributed by atoms with Crippen LogP contribution in [0, 0.1) is 6.92 Å². The van der Waals surface area contributed by atoms with Gasteiger partial charge in [0.1, 0.15) is 11.9 Å². The van der Waals surface area contributed by atoms with Crippen LogP contribution in [-0.4, -0.2) is 24.3 Å². The summed E-state index contributed by atoms with van der Waals surface area (Å²) >= 11 is 0. The molecule has 2 unspecified atom stereocenters. The van der Waals surface area contributed by atoms with Crippen molar-refractivity contribution in [3.63, 3.8) is 0 Å². The van der Waals surface area contributed by atoms with E-state index in [-0.39, 0.29) is 0 Å². The third kappa shape index (κ3) is 2.17. The number of carbonyl (C=O) groups is 1. The lowest BCUT2D eigenvalue weighted by Gasteiger charge is -2.21. The molecule has 4 heteroatoms. The van der Waals surface area contributed by atoms with E-state index in [4.69, 9.17) is 9.47 Å². The van der Waals surface area contributed by atoms with Crippen LogP contribution in [0.5, 0.6) is 0 Å². The third-order valence-corrected chi connectivity index (χ3v) is 2.81. The highest BCUT2D eigenvalue weighted by atomic mass is 16.6. The van der Waals surface area contributed by atoms with Gasteiger partial charge < -0.3 is 14.6 Å². The van der Waals surface area contributed by atoms with Crippen LogP contribution in [-0.2, 0) is 14.3 Å². The summed E-state index contributed by atoms with van der Waals surface area (Å²) in [5.41, 5.74) is 1.67. The highest BCUT2D eigenvalue weighted by Crippen LogP contribution is 2.30. The Labute approximate surface area is 99.5 Å². The van der Waals surface area contributed by atoms with Gasteiger partial charge in [0.25, 0.3) is 0 Å². The Morgan fingerprint density at radius 1 is 1.41 bits per heavy atom. The average molecular weight is 234 g/mol. The molecule has 2 atom stereocenters. The largest absolute Gasteiger partial charge is 0.497 e. The molecular formula is C13H14O4. The van der Waals surface area contributed by atoms with E-state index < -0.39 is 18.2 Å². The second-order valence-corrected chi connectivity index (χ2v) is 3.91. The number of benzene rings is 1. The Balaban J connectivity index is 2.27. The zero-order chi connectivity index (χ0) is 12.4. The van der Waals surface area contributed by atoms with Gasteiger partial charge in [-0.05, 0) is 18.1 Å². The number of methoxy groups -OCH3 is 1. The Bertz CT molecular complexity index is 464. The predicted octanol–water partition coefficient (Wildman–Crippen LogP) is 1.48. The van der Waals surface area contributed by atoms with Crippen LogP contribution in [0.15, 0.2) is 36.1 Å². The molecule has 4 nitrogen and oxygen atoms in total. The highest BCUT2D eigenvalue weighted by Gasteiger charge is 2.35. The van der Waals surface area contributed by atoms with Crippen molar-refractivity contribution in [1.82, 2.24) is 0 Å². The molecule has 1 aliphatic heterocycles. The molecular weight excluding hydrogens is 220 g/mol. The van der Waals surface area contributed by atoms with Crippen LogP contribution < -0.4 is 0 Å². The van der Waals surface area contributed by atoms with Crippen LogP contribution in [0.2, 0.25) is 0 Å². The highest BCUT2D eigenvalue weighted by molar-refractivity contribution is 5.85. The van der Waals surface area contributed by atoms with Crippen molar-refractivity contribution in [3.05, 3.63) is 47.2 Å². The van der Waals surface area contributed by atoms with E-state index in [0.29, 0.717) is 5.76 Å². The number of hydrogen-bond acceptors (Lipinski definition) is 4. The van der Waals surface area contributed by atoms with Crippen molar-refractivity contribution in [2.75, 3.05) is 7.11 Å². The molecule has 0 spiro atoms. The number of carbonyl (C=O) groups excluding carboxylic acids is 1. The lowest BCUT2D eigenvalue weighted by atomic mass is 9.99. The van der Waals surface area contributed by atoms with Gasteiger partial charge in [0.05, 0.1) is 13.2 Å². The van der Waals surface area contributed by atoms with Gasteiger partial charge in [0, 0.05) is 0 Å². The molecule has 0 aromatic heterocycles. The third-order valence-electron chi connectivity index (χ3n) is 2.81. The second kappa shape index (κ2) is 4.59. The van der Waals surface area contributed by atoms with E-state index in [1.165, 1.54) is 13.2 Å². The lowest BCUT2D eigenvalue weighted by molar-refractivity contribution is -0.144. The smallest absolute Gasteiger partial charge is 0.335 e. The van der Waals surface area contributed by atoms with Gasteiger partial charge in [-0.15, -0.1) is 0 Å². The second-order valence-electron chi connectivity index (χ2n) is 3.91. The van der Waals surface area contributed by atoms with Crippen LogP contribution in [0.1, 0.15) is 17.2 Å². The average Bonchev–Trinajstić information content (AvgIpc) is 2.70. The van der Waals surface area contributed by atoms with Gasteiger partial charge in [0.2, 0.25) is 0 Å². The number of esters is 1. The Morgan fingerprint density at radius 3 is 2.76 bits per heavy atom. The zero-order valence-electron chi connectivity index (χ0n) is 9.71. The number of cyclic esters (lactones) is 1. The van der Waals surface area contributed by atoms with Crippen molar-refractivity contribution in [3.8, 4) is 0 Å². The maximum atomic E-state index is 11.2. The first kappa shape index (κ1) is 11.7. The summed E-state index contributed by atoms with van der Waals surface area (Å²) in [7, 11) is 1.45. The molecule has 1 aromatic carbocycles. The molecule has 90 valence electrons. The molecule has 1 aromatic rings. The topological polar surface area (TPSA) is 55.8 Å². The van der Waals surface area contributed by atoms with E-state index in [2.05, 4.69) is 0 Å². The van der Waals surface area contributed by atoms with Gasteiger partial charge in [-0.25, -0.2) is 4.79 Å². The molecule has 2 rings (SSSR count). The molecule has 0 bridgehead atoms. The van der Waals surface area contributed by atoms with Crippen molar-refractivity contribution in [2.45, 2.75) is 19.1 Å². The number of rotatable bonds is 3. The van der Waals surface area contributed by atoms with Crippen LogP contribution in [0.3, 0.4) is 0 Å². The molecule has 1 N–H and O–H groups in total. The fraction of sp³-hybridized carbons (Fsp3) is 0.308. The first-order valence-corrected chi connectivity index (χ1v) is 5.33. The predicted molar refractivity (Wildman–Crippen MR) is 61.1 cm³/mol. The SMILES string of the molecule is COC1=CC(=O)OC1C(O)c1ccccc1C. The van der Waals surface area contributed by atoms with Gasteiger partial charge in [0.15, 0.2) is 6.10 Å². The van der Waals surface area contributed by atoms with E-state index in [1.807, 2.05) is 25.1 Å². The molecule has 0 radical (unpaired) electrons. The van der Waals surface area contributed by atoms with E-state index in [1.54, 1.807) is 6.07 Å². The summed E-state index contributed by atoms with van der Waals surface area (Å²) in [5, 5.41) is 10.2. The zero-order valence-corrected chi connectivity index (χ0v) is 9.71. The van der Waals surface area contributed by atoms with Crippen LogP contribution in [0.25, 0.3) is 0 Å². The van der Waals surface area contributed by atoms with E-state index in [9.17, 15) is 9.90 Å². The summed E-state index contributed by atoms with van der Waals surface area (Å²) in [6, 6.07) is 7.42. The monoisotopic (exact) mass is 234 g/mol. The van der Waals surface area contributed by atoms with E-state index >= 15 is 0 Å². The fourth-order valence-electron chi connectivity index (χ4n) is 1.89. The minimum atomic E-state index is -0.908. The Morgan fingerprint density at radius 2 is 2.12 bits per heavy atom. The summed E-state index contributed by atoms with van der Waals surface area (Å²) < 4.78 is 10.1. The van der Waals surface area contributed by atoms with Crippen molar-refractivity contribution in [1.29, 1.82) is 0 Å². The number of aliphatic hydroxyl groups excluding tert-OH is 1. The van der Waals surface area contributed by atoms with Gasteiger partial charge >= 0.3 is 5.97 Å². The maximum Gasteiger partial charge on any atom is 0.335 e. The number of hydrogen-bond donors (Lipinski definition) is 1. The van der Waals surface area contributed by atoms with Crippen molar-refractivity contribution in [2.24, 2.45) is 0 Å². The number of ether oxygens (including phenoxy) is 2. The standard InChI is InChI=1S/C13H14O4/c1-8-5-3-4-6-9(8)12(15)13-10(16-2)7-11(14)17-13/h3-7,12-13,15H,1-2H3. The van der Waals surface area contributed by atoms with E-state index in [0.717, 1.165) is 11.1 Å². The molecule has 0 aliphatic carbocycles. The minimum absolute atomic E-state index is 0.353. The fourth-order valence-corrected chi connectivity index (χ4v) is 1.89. The quantitative estimate of drug-likeness (QED) is 0.805. The molecule has 1 heterocycles. The number of aryl methyl sites for hydroxylation is 1. The summed E-state index contributed by atoms with van der Waals surface area (Å²) in [5.74, 6) is -0.134. The number of aliphatic hydroxyl groups is 1. The van der Waals surface area contributed by atoms with Gasteiger partial charge in [-0.3, -0.25) is 0 Å². The lowest BCUT2D eigenvalue weighted by Crippen LogP contribution is -2.23. The first-order chi connectivity index (χ1) is 8.13. The molecule has 0 saturated heterocycles. The van der Waals surface area contributed by atoms with Crippen LogP contribution in [0.4, 0.5) is 0 Å².